The van der Waals surface area contributed by atoms with Crippen LogP contribution in [0.1, 0.15) is 13.8 Å². The summed E-state index contributed by atoms with van der Waals surface area (Å²) in [5.74, 6) is 0. The van der Waals surface area contributed by atoms with E-state index in [4.69, 9.17) is 5.73 Å². The molecule has 1 aromatic carbocycles. The van der Waals surface area contributed by atoms with Crippen LogP contribution in [0.25, 0.3) is 0 Å². The largest absolute Gasteiger partial charge is 0.397 e. The zero-order valence-corrected chi connectivity index (χ0v) is 12.3. The van der Waals surface area contributed by atoms with Crippen molar-refractivity contribution in [2.75, 3.05) is 37.3 Å². The van der Waals surface area contributed by atoms with Crippen molar-refractivity contribution in [3.05, 3.63) is 22.7 Å². The highest BCUT2D eigenvalue weighted by Gasteiger charge is 2.31. The molecular formula is C13H20BrN3. The van der Waals surface area contributed by atoms with Crippen molar-refractivity contribution in [1.82, 2.24) is 4.90 Å². The van der Waals surface area contributed by atoms with Crippen LogP contribution in [0.2, 0.25) is 0 Å². The van der Waals surface area contributed by atoms with Gasteiger partial charge in [0.15, 0.2) is 0 Å². The maximum atomic E-state index is 6.09. The Hall–Kier alpha value is -0.740. The van der Waals surface area contributed by atoms with E-state index >= 15 is 0 Å². The predicted octanol–water partition coefficient (Wildman–Crippen LogP) is 2.56. The molecule has 4 heteroatoms. The van der Waals surface area contributed by atoms with Crippen molar-refractivity contribution >= 4 is 27.3 Å². The minimum Gasteiger partial charge on any atom is -0.397 e. The Bertz CT molecular complexity index is 417. The molecular weight excluding hydrogens is 278 g/mol. The van der Waals surface area contributed by atoms with E-state index in [0.29, 0.717) is 0 Å². The van der Waals surface area contributed by atoms with Crippen LogP contribution >= 0.6 is 15.9 Å². The van der Waals surface area contributed by atoms with E-state index in [-0.39, 0.29) is 5.54 Å². The molecule has 0 amide bonds. The maximum Gasteiger partial charge on any atom is 0.0601 e. The molecule has 3 nitrogen and oxygen atoms in total. The maximum absolute atomic E-state index is 6.09. The smallest absolute Gasteiger partial charge is 0.0601 e. The highest BCUT2D eigenvalue weighted by Crippen LogP contribution is 2.30. The first-order valence-electron chi connectivity index (χ1n) is 5.91. The van der Waals surface area contributed by atoms with Crippen LogP contribution in [0.4, 0.5) is 11.4 Å². The molecule has 0 radical (unpaired) electrons. The number of hydrogen-bond donors (Lipinski definition) is 1. The van der Waals surface area contributed by atoms with Crippen molar-refractivity contribution in [3.63, 3.8) is 0 Å². The van der Waals surface area contributed by atoms with Gasteiger partial charge in [0.2, 0.25) is 0 Å². The molecule has 0 spiro atoms. The monoisotopic (exact) mass is 297 g/mol. The lowest BCUT2D eigenvalue weighted by atomic mass is 9.99. The van der Waals surface area contributed by atoms with Gasteiger partial charge in [0.25, 0.3) is 0 Å². The normalized spacial score (nSPS) is 20.6. The molecule has 0 atom stereocenters. The number of nitrogens with zero attached hydrogens (tertiary/aromatic N) is 2. The fraction of sp³-hybridized carbons (Fsp3) is 0.538. The summed E-state index contributed by atoms with van der Waals surface area (Å²) >= 11 is 3.45. The van der Waals surface area contributed by atoms with E-state index in [1.54, 1.807) is 0 Å². The van der Waals surface area contributed by atoms with Crippen molar-refractivity contribution in [3.8, 4) is 0 Å². The van der Waals surface area contributed by atoms with Crippen LogP contribution in [0.15, 0.2) is 22.7 Å². The Balaban J connectivity index is 2.24. The highest BCUT2D eigenvalue weighted by molar-refractivity contribution is 9.10. The lowest BCUT2D eigenvalue weighted by molar-refractivity contribution is 0.139. The number of piperazine rings is 1. The van der Waals surface area contributed by atoms with Gasteiger partial charge in [-0.05, 0) is 39.1 Å². The summed E-state index contributed by atoms with van der Waals surface area (Å²) in [5.41, 5.74) is 8.28. The van der Waals surface area contributed by atoms with Gasteiger partial charge in [-0.15, -0.1) is 0 Å². The third kappa shape index (κ3) is 2.58. The SMILES string of the molecule is CN1CCN(c2ccc(Br)cc2N)CC1(C)C. The first-order valence-corrected chi connectivity index (χ1v) is 6.71. The topological polar surface area (TPSA) is 32.5 Å². The van der Waals surface area contributed by atoms with Crippen molar-refractivity contribution in [2.45, 2.75) is 19.4 Å². The number of benzene rings is 1. The van der Waals surface area contributed by atoms with Gasteiger partial charge in [-0.1, -0.05) is 15.9 Å². The first kappa shape index (κ1) is 12.7. The first-order chi connectivity index (χ1) is 7.90. The lowest BCUT2D eigenvalue weighted by Crippen LogP contribution is -2.57. The van der Waals surface area contributed by atoms with Crippen LogP contribution in [-0.4, -0.2) is 37.1 Å². The van der Waals surface area contributed by atoms with Gasteiger partial charge in [-0.2, -0.15) is 0 Å². The molecule has 1 aromatic rings. The van der Waals surface area contributed by atoms with E-state index < -0.39 is 0 Å². The molecule has 0 aromatic heterocycles. The Labute approximate surface area is 112 Å². The van der Waals surface area contributed by atoms with Crippen molar-refractivity contribution in [1.29, 1.82) is 0 Å². The molecule has 0 unspecified atom stereocenters. The summed E-state index contributed by atoms with van der Waals surface area (Å²) in [7, 11) is 2.18. The number of nitrogen functional groups attached to an aromatic ring is 1. The second kappa shape index (κ2) is 4.50. The molecule has 2 N–H and O–H groups in total. The number of rotatable bonds is 1. The second-order valence-corrected chi connectivity index (χ2v) is 6.27. The van der Waals surface area contributed by atoms with Crippen LogP contribution in [-0.2, 0) is 0 Å². The molecule has 1 fully saturated rings. The Morgan fingerprint density at radius 2 is 2.00 bits per heavy atom. The van der Waals surface area contributed by atoms with Crippen molar-refractivity contribution in [2.24, 2.45) is 0 Å². The molecule has 0 saturated carbocycles. The molecule has 1 heterocycles. The minimum atomic E-state index is 0.192. The standard InChI is InChI=1S/C13H20BrN3/c1-13(2)9-17(7-6-16(13)3)12-5-4-10(14)8-11(12)15/h4-5,8H,6-7,9,15H2,1-3H3. The Morgan fingerprint density at radius 3 is 2.59 bits per heavy atom. The van der Waals surface area contributed by atoms with E-state index in [2.05, 4.69) is 58.8 Å². The Kier molecular flexibility index (Phi) is 3.36. The third-order valence-corrected chi connectivity index (χ3v) is 4.14. The lowest BCUT2D eigenvalue weighted by Gasteiger charge is -2.46. The summed E-state index contributed by atoms with van der Waals surface area (Å²) in [6, 6.07) is 6.12. The quantitative estimate of drug-likeness (QED) is 0.809. The van der Waals surface area contributed by atoms with Crippen LogP contribution in [0.5, 0.6) is 0 Å². The molecule has 1 saturated heterocycles. The zero-order valence-electron chi connectivity index (χ0n) is 10.7. The highest BCUT2D eigenvalue weighted by atomic mass is 79.9. The number of anilines is 2. The minimum absolute atomic E-state index is 0.192. The van der Waals surface area contributed by atoms with E-state index in [1.165, 1.54) is 0 Å². The fourth-order valence-corrected chi connectivity index (χ4v) is 2.64. The molecule has 0 aliphatic carbocycles. The summed E-state index contributed by atoms with van der Waals surface area (Å²) in [6.07, 6.45) is 0. The molecule has 94 valence electrons. The Morgan fingerprint density at radius 1 is 1.29 bits per heavy atom. The predicted molar refractivity (Wildman–Crippen MR) is 77.5 cm³/mol. The fourth-order valence-electron chi connectivity index (χ4n) is 2.26. The number of likely N-dealkylation sites (N-methyl/N-ethyl adjacent to an activating group) is 1. The van der Waals surface area contributed by atoms with Crippen LogP contribution in [0.3, 0.4) is 0 Å². The van der Waals surface area contributed by atoms with Crippen LogP contribution < -0.4 is 10.6 Å². The zero-order chi connectivity index (χ0) is 12.6. The van der Waals surface area contributed by atoms with Crippen LogP contribution in [0, 0.1) is 0 Å². The molecule has 17 heavy (non-hydrogen) atoms. The van der Waals surface area contributed by atoms with Gasteiger partial charge in [-0.25, -0.2) is 0 Å². The summed E-state index contributed by atoms with van der Waals surface area (Å²) in [4.78, 5) is 4.78. The summed E-state index contributed by atoms with van der Waals surface area (Å²) < 4.78 is 1.03. The van der Waals surface area contributed by atoms with E-state index in [1.807, 2.05) is 6.07 Å². The van der Waals surface area contributed by atoms with E-state index in [0.717, 1.165) is 35.5 Å². The average Bonchev–Trinajstić information content (AvgIpc) is 2.22. The van der Waals surface area contributed by atoms with Gasteiger partial charge >= 0.3 is 0 Å². The molecule has 0 bridgehead atoms. The van der Waals surface area contributed by atoms with Gasteiger partial charge in [-0.3, -0.25) is 4.90 Å². The summed E-state index contributed by atoms with van der Waals surface area (Å²) in [5, 5.41) is 0. The van der Waals surface area contributed by atoms with Gasteiger partial charge < -0.3 is 10.6 Å². The van der Waals surface area contributed by atoms with Crippen molar-refractivity contribution < 1.29 is 0 Å². The number of nitrogens with two attached hydrogens (primary N) is 1. The third-order valence-electron chi connectivity index (χ3n) is 3.65. The second-order valence-electron chi connectivity index (χ2n) is 5.36. The van der Waals surface area contributed by atoms with Gasteiger partial charge in [0.1, 0.15) is 0 Å². The molecule has 2 rings (SSSR count). The summed E-state index contributed by atoms with van der Waals surface area (Å²) in [6.45, 7) is 7.66. The molecule has 1 aliphatic rings. The van der Waals surface area contributed by atoms with E-state index in [9.17, 15) is 0 Å². The van der Waals surface area contributed by atoms with Gasteiger partial charge in [0.05, 0.1) is 11.4 Å². The number of hydrogen-bond acceptors (Lipinski definition) is 3. The number of halogens is 1. The van der Waals surface area contributed by atoms with Gasteiger partial charge in [0, 0.05) is 29.6 Å². The average molecular weight is 298 g/mol. The molecule has 1 aliphatic heterocycles.